The van der Waals surface area contributed by atoms with Crippen molar-refractivity contribution in [1.29, 1.82) is 0 Å². The summed E-state index contributed by atoms with van der Waals surface area (Å²) in [5, 5.41) is 0. The molecule has 1 amide bonds. The summed E-state index contributed by atoms with van der Waals surface area (Å²) in [4.78, 5) is 14.5. The molecule has 0 aromatic heterocycles. The molecule has 0 spiro atoms. The Morgan fingerprint density at radius 3 is 2.43 bits per heavy atom. The van der Waals surface area contributed by atoms with E-state index in [9.17, 15) is 4.79 Å². The largest absolute Gasteiger partial charge is 0.289 e. The minimum Gasteiger partial charge on any atom is -0.289 e. The third-order valence-electron chi connectivity index (χ3n) is 3.26. The van der Waals surface area contributed by atoms with E-state index in [1.54, 1.807) is 11.0 Å². The number of hydrogen-bond donors (Lipinski definition) is 0. The zero-order valence-corrected chi connectivity index (χ0v) is 14.2. The highest BCUT2D eigenvalue weighted by atomic mass is 32.2. The average Bonchev–Trinajstić information content (AvgIpc) is 2.66. The number of nitrogens with zero attached hydrogens (tertiary/aromatic N) is 1. The van der Waals surface area contributed by atoms with Crippen molar-refractivity contribution >= 4 is 40.3 Å². The summed E-state index contributed by atoms with van der Waals surface area (Å²) in [6.45, 7) is 10.7. The first-order valence-corrected chi connectivity index (χ1v) is 8.02. The van der Waals surface area contributed by atoms with Gasteiger partial charge in [-0.1, -0.05) is 75.1 Å². The number of benzene rings is 1. The number of amides is 1. The Morgan fingerprint density at radius 1 is 1.29 bits per heavy atom. The highest BCUT2D eigenvalue weighted by molar-refractivity contribution is 8.26. The molecular weight excluding hydrogens is 298 g/mol. The van der Waals surface area contributed by atoms with Gasteiger partial charge in [0.1, 0.15) is 4.32 Å². The molecule has 4 heteroatoms. The lowest BCUT2D eigenvalue weighted by atomic mass is 9.87. The summed E-state index contributed by atoms with van der Waals surface area (Å²) < 4.78 is 0.595. The van der Waals surface area contributed by atoms with E-state index in [1.807, 2.05) is 18.2 Å². The molecule has 1 saturated heterocycles. The quantitative estimate of drug-likeness (QED) is 0.469. The van der Waals surface area contributed by atoms with Gasteiger partial charge in [-0.15, -0.1) is 6.58 Å². The van der Waals surface area contributed by atoms with Gasteiger partial charge in [-0.05, 0) is 22.6 Å². The number of carbonyl (C=O) groups is 1. The first kappa shape index (κ1) is 16.0. The predicted molar refractivity (Wildman–Crippen MR) is 95.2 cm³/mol. The molecule has 0 bridgehead atoms. The van der Waals surface area contributed by atoms with Crippen LogP contribution in [0.25, 0.3) is 6.08 Å². The minimum atomic E-state index is -0.0372. The number of hydrogen-bond acceptors (Lipinski definition) is 3. The lowest BCUT2D eigenvalue weighted by molar-refractivity contribution is -0.121. The van der Waals surface area contributed by atoms with Gasteiger partial charge in [-0.2, -0.15) is 0 Å². The summed E-state index contributed by atoms with van der Waals surface area (Å²) in [6.07, 6.45) is 3.58. The van der Waals surface area contributed by atoms with E-state index in [0.717, 1.165) is 5.56 Å². The Labute approximate surface area is 135 Å². The highest BCUT2D eigenvalue weighted by Gasteiger charge is 2.30. The van der Waals surface area contributed by atoms with Gasteiger partial charge in [0.2, 0.25) is 0 Å². The third-order valence-corrected chi connectivity index (χ3v) is 4.64. The number of thioether (sulfide) groups is 1. The average molecular weight is 317 g/mol. The van der Waals surface area contributed by atoms with Crippen molar-refractivity contribution in [2.24, 2.45) is 0 Å². The lowest BCUT2D eigenvalue weighted by Gasteiger charge is -2.18. The first-order valence-electron chi connectivity index (χ1n) is 6.80. The Balaban J connectivity index is 2.23. The molecule has 0 atom stereocenters. The van der Waals surface area contributed by atoms with Gasteiger partial charge in [0.25, 0.3) is 5.91 Å². The van der Waals surface area contributed by atoms with Crippen LogP contribution in [0.4, 0.5) is 0 Å². The third kappa shape index (κ3) is 3.63. The first-order chi connectivity index (χ1) is 9.82. The monoisotopic (exact) mass is 317 g/mol. The zero-order valence-electron chi connectivity index (χ0n) is 12.6. The van der Waals surface area contributed by atoms with Crippen molar-refractivity contribution in [1.82, 2.24) is 4.90 Å². The van der Waals surface area contributed by atoms with E-state index in [1.165, 1.54) is 17.3 Å². The van der Waals surface area contributed by atoms with Gasteiger partial charge in [-0.3, -0.25) is 9.69 Å². The maximum atomic E-state index is 12.2. The molecule has 0 N–H and O–H groups in total. The zero-order chi connectivity index (χ0) is 15.6. The van der Waals surface area contributed by atoms with Gasteiger partial charge < -0.3 is 0 Å². The molecule has 1 heterocycles. The van der Waals surface area contributed by atoms with Crippen LogP contribution in [-0.4, -0.2) is 21.7 Å². The van der Waals surface area contributed by atoms with Gasteiger partial charge >= 0.3 is 0 Å². The fourth-order valence-electron chi connectivity index (χ4n) is 2.02. The Kier molecular flexibility index (Phi) is 4.69. The van der Waals surface area contributed by atoms with Crippen LogP contribution < -0.4 is 0 Å². The fourth-order valence-corrected chi connectivity index (χ4v) is 3.29. The molecule has 0 aliphatic carbocycles. The van der Waals surface area contributed by atoms with E-state index < -0.39 is 0 Å². The van der Waals surface area contributed by atoms with Crippen LogP contribution in [0, 0.1) is 0 Å². The van der Waals surface area contributed by atoms with Crippen molar-refractivity contribution < 1.29 is 4.79 Å². The SMILES string of the molecule is C=CCN1C(=O)C(=Cc2ccc(C(C)(C)C)cc2)SC1=S. The summed E-state index contributed by atoms with van der Waals surface area (Å²) in [5.74, 6) is -0.0372. The topological polar surface area (TPSA) is 20.3 Å². The second-order valence-corrected chi connectivity index (χ2v) is 7.63. The van der Waals surface area contributed by atoms with E-state index in [0.29, 0.717) is 15.8 Å². The maximum absolute atomic E-state index is 12.2. The summed E-state index contributed by atoms with van der Waals surface area (Å²) in [7, 11) is 0. The number of rotatable bonds is 3. The van der Waals surface area contributed by atoms with Crippen LogP contribution in [0.1, 0.15) is 31.9 Å². The van der Waals surface area contributed by atoms with Gasteiger partial charge in [0, 0.05) is 6.54 Å². The van der Waals surface area contributed by atoms with Crippen LogP contribution >= 0.6 is 24.0 Å². The molecule has 0 saturated carbocycles. The number of thiocarbonyl (C=S) groups is 1. The minimum absolute atomic E-state index is 0.0372. The maximum Gasteiger partial charge on any atom is 0.266 e. The molecule has 0 unspecified atom stereocenters. The standard InChI is InChI=1S/C17H19NOS2/c1-5-10-18-15(19)14(21-16(18)20)11-12-6-8-13(9-7-12)17(2,3)4/h5-9,11H,1,10H2,2-4H3. The molecule has 1 aliphatic rings. The molecule has 2 nitrogen and oxygen atoms in total. The lowest BCUT2D eigenvalue weighted by Crippen LogP contribution is -2.27. The van der Waals surface area contributed by atoms with Crippen molar-refractivity contribution in [3.63, 3.8) is 0 Å². The molecule has 21 heavy (non-hydrogen) atoms. The van der Waals surface area contributed by atoms with E-state index in [4.69, 9.17) is 12.2 Å². The molecular formula is C17H19NOS2. The normalized spacial score (nSPS) is 17.7. The van der Waals surface area contributed by atoms with Gasteiger partial charge in [0.15, 0.2) is 0 Å². The molecule has 1 fully saturated rings. The summed E-state index contributed by atoms with van der Waals surface area (Å²) in [5.41, 5.74) is 2.42. The molecule has 0 radical (unpaired) electrons. The second-order valence-electron chi connectivity index (χ2n) is 5.95. The fraction of sp³-hybridized carbons (Fsp3) is 0.294. The molecule has 1 aliphatic heterocycles. The van der Waals surface area contributed by atoms with Crippen LogP contribution in [-0.2, 0) is 10.2 Å². The van der Waals surface area contributed by atoms with Crippen LogP contribution in [0.2, 0.25) is 0 Å². The number of carbonyl (C=O) groups excluding carboxylic acids is 1. The van der Waals surface area contributed by atoms with E-state index in [-0.39, 0.29) is 11.3 Å². The Morgan fingerprint density at radius 2 is 1.90 bits per heavy atom. The molecule has 1 aromatic carbocycles. The van der Waals surface area contributed by atoms with Crippen molar-refractivity contribution in [2.45, 2.75) is 26.2 Å². The van der Waals surface area contributed by atoms with Crippen LogP contribution in [0.5, 0.6) is 0 Å². The van der Waals surface area contributed by atoms with E-state index in [2.05, 4.69) is 39.5 Å². The Bertz CT molecular complexity index is 609. The molecule has 2 rings (SSSR count). The van der Waals surface area contributed by atoms with Crippen molar-refractivity contribution in [3.05, 3.63) is 53.0 Å². The van der Waals surface area contributed by atoms with Gasteiger partial charge in [-0.25, -0.2) is 0 Å². The summed E-state index contributed by atoms with van der Waals surface area (Å²) in [6, 6.07) is 8.30. The molecule has 110 valence electrons. The van der Waals surface area contributed by atoms with Crippen LogP contribution in [0.15, 0.2) is 41.8 Å². The second kappa shape index (κ2) is 6.16. The smallest absolute Gasteiger partial charge is 0.266 e. The Hall–Kier alpha value is -1.39. The summed E-state index contributed by atoms with van der Waals surface area (Å²) >= 11 is 6.57. The van der Waals surface area contributed by atoms with E-state index >= 15 is 0 Å². The van der Waals surface area contributed by atoms with Crippen molar-refractivity contribution in [2.75, 3.05) is 6.54 Å². The van der Waals surface area contributed by atoms with Crippen molar-refractivity contribution in [3.8, 4) is 0 Å². The van der Waals surface area contributed by atoms with Gasteiger partial charge in [0.05, 0.1) is 4.91 Å². The van der Waals surface area contributed by atoms with Crippen LogP contribution in [0.3, 0.4) is 0 Å². The molecule has 1 aromatic rings. The highest BCUT2D eigenvalue weighted by Crippen LogP contribution is 2.32. The predicted octanol–water partition coefficient (Wildman–Crippen LogP) is 4.37.